The molecule has 2 rings (SSSR count). The molecule has 0 N–H and O–H groups in total. The van der Waals surface area contributed by atoms with Crippen molar-refractivity contribution in [3.63, 3.8) is 0 Å². The second-order valence-electron chi connectivity index (χ2n) is 5.21. The van der Waals surface area contributed by atoms with Crippen LogP contribution in [0.5, 0.6) is 0 Å². The number of aromatic nitrogens is 2. The highest BCUT2D eigenvalue weighted by Crippen LogP contribution is 2.25. The standard InChI is InChI=1S/C14H17N3/c1-4-14(2,3)9-17-10-16-12-6-5-11(8-15)7-13(12)17/h5-7,10H,4,9H2,1-3H3. The van der Waals surface area contributed by atoms with Gasteiger partial charge in [-0.05, 0) is 30.0 Å². The first-order valence-corrected chi connectivity index (χ1v) is 5.91. The van der Waals surface area contributed by atoms with Crippen LogP contribution in [0, 0.1) is 16.7 Å². The lowest BCUT2D eigenvalue weighted by molar-refractivity contribution is 0.298. The van der Waals surface area contributed by atoms with Crippen LogP contribution in [0.4, 0.5) is 0 Å². The molecule has 3 heteroatoms. The van der Waals surface area contributed by atoms with Crippen molar-refractivity contribution in [3.8, 4) is 6.07 Å². The summed E-state index contributed by atoms with van der Waals surface area (Å²) >= 11 is 0. The Hall–Kier alpha value is -1.82. The molecule has 0 spiro atoms. The second-order valence-corrected chi connectivity index (χ2v) is 5.21. The Labute approximate surface area is 102 Å². The largest absolute Gasteiger partial charge is 0.330 e. The fourth-order valence-electron chi connectivity index (χ4n) is 1.83. The Balaban J connectivity index is 2.45. The molecule has 0 aliphatic heterocycles. The molecule has 0 fully saturated rings. The van der Waals surface area contributed by atoms with E-state index >= 15 is 0 Å². The van der Waals surface area contributed by atoms with Crippen molar-refractivity contribution in [3.05, 3.63) is 30.1 Å². The molecule has 0 bridgehead atoms. The zero-order chi connectivity index (χ0) is 12.5. The molecule has 0 aliphatic carbocycles. The average molecular weight is 227 g/mol. The van der Waals surface area contributed by atoms with E-state index in [0.717, 1.165) is 24.0 Å². The normalized spacial score (nSPS) is 11.6. The van der Waals surface area contributed by atoms with Gasteiger partial charge in [-0.3, -0.25) is 0 Å². The molecule has 88 valence electrons. The highest BCUT2D eigenvalue weighted by atomic mass is 15.0. The lowest BCUT2D eigenvalue weighted by Crippen LogP contribution is -2.17. The summed E-state index contributed by atoms with van der Waals surface area (Å²) in [5.74, 6) is 0. The Morgan fingerprint density at radius 2 is 2.18 bits per heavy atom. The number of hydrogen-bond donors (Lipinski definition) is 0. The lowest BCUT2D eigenvalue weighted by Gasteiger charge is -2.23. The van der Waals surface area contributed by atoms with Gasteiger partial charge in [0.2, 0.25) is 0 Å². The van der Waals surface area contributed by atoms with Crippen molar-refractivity contribution in [2.75, 3.05) is 0 Å². The summed E-state index contributed by atoms with van der Waals surface area (Å²) < 4.78 is 2.14. The van der Waals surface area contributed by atoms with E-state index in [1.165, 1.54) is 0 Å². The van der Waals surface area contributed by atoms with Gasteiger partial charge in [0.05, 0.1) is 29.0 Å². The van der Waals surface area contributed by atoms with Gasteiger partial charge in [-0.2, -0.15) is 5.26 Å². The van der Waals surface area contributed by atoms with E-state index < -0.39 is 0 Å². The number of rotatable bonds is 3. The van der Waals surface area contributed by atoms with Crippen molar-refractivity contribution in [1.82, 2.24) is 9.55 Å². The van der Waals surface area contributed by atoms with E-state index in [1.54, 1.807) is 0 Å². The second kappa shape index (κ2) is 4.21. The highest BCUT2D eigenvalue weighted by molar-refractivity contribution is 5.76. The SMILES string of the molecule is CCC(C)(C)Cn1cnc2ccc(C#N)cc21. The molecule has 0 radical (unpaired) electrons. The third-order valence-electron chi connectivity index (χ3n) is 3.31. The van der Waals surface area contributed by atoms with Crippen molar-refractivity contribution in [1.29, 1.82) is 5.26 Å². The maximum absolute atomic E-state index is 8.92. The van der Waals surface area contributed by atoms with Crippen LogP contribution in [0.1, 0.15) is 32.8 Å². The summed E-state index contributed by atoms with van der Waals surface area (Å²) in [5.41, 5.74) is 2.94. The van der Waals surface area contributed by atoms with E-state index in [4.69, 9.17) is 5.26 Å². The first-order valence-electron chi connectivity index (χ1n) is 5.91. The minimum atomic E-state index is 0.246. The summed E-state index contributed by atoms with van der Waals surface area (Å²) in [6.45, 7) is 7.61. The Bertz CT molecular complexity index is 573. The van der Waals surface area contributed by atoms with E-state index in [9.17, 15) is 0 Å². The molecule has 0 amide bonds. The van der Waals surface area contributed by atoms with E-state index in [2.05, 4.69) is 36.4 Å². The van der Waals surface area contributed by atoms with Crippen molar-refractivity contribution < 1.29 is 0 Å². The van der Waals surface area contributed by atoms with Gasteiger partial charge < -0.3 is 4.57 Å². The maximum atomic E-state index is 8.92. The fourth-order valence-corrected chi connectivity index (χ4v) is 1.83. The van der Waals surface area contributed by atoms with Crippen LogP contribution >= 0.6 is 0 Å². The molecule has 2 aromatic rings. The van der Waals surface area contributed by atoms with Gasteiger partial charge in [0.15, 0.2) is 0 Å². The summed E-state index contributed by atoms with van der Waals surface area (Å²) in [4.78, 5) is 4.37. The number of nitrogens with zero attached hydrogens (tertiary/aromatic N) is 3. The molecule has 1 heterocycles. The number of fused-ring (bicyclic) bond motifs is 1. The first-order chi connectivity index (χ1) is 8.05. The van der Waals surface area contributed by atoms with Crippen LogP contribution in [0.2, 0.25) is 0 Å². The zero-order valence-electron chi connectivity index (χ0n) is 10.6. The summed E-state index contributed by atoms with van der Waals surface area (Å²) in [6.07, 6.45) is 2.98. The van der Waals surface area contributed by atoms with Gasteiger partial charge in [-0.1, -0.05) is 20.8 Å². The molecule has 0 atom stereocenters. The number of benzene rings is 1. The van der Waals surface area contributed by atoms with Gasteiger partial charge in [0.25, 0.3) is 0 Å². The van der Waals surface area contributed by atoms with Crippen LogP contribution in [0.25, 0.3) is 11.0 Å². The van der Waals surface area contributed by atoms with Crippen LogP contribution in [-0.4, -0.2) is 9.55 Å². The van der Waals surface area contributed by atoms with Crippen molar-refractivity contribution >= 4 is 11.0 Å². The topological polar surface area (TPSA) is 41.6 Å². The minimum absolute atomic E-state index is 0.246. The van der Waals surface area contributed by atoms with E-state index in [1.807, 2.05) is 24.5 Å². The lowest BCUT2D eigenvalue weighted by atomic mass is 9.90. The van der Waals surface area contributed by atoms with Crippen molar-refractivity contribution in [2.24, 2.45) is 5.41 Å². The fraction of sp³-hybridized carbons (Fsp3) is 0.429. The quantitative estimate of drug-likeness (QED) is 0.807. The Morgan fingerprint density at radius 1 is 1.41 bits per heavy atom. The van der Waals surface area contributed by atoms with Crippen LogP contribution in [-0.2, 0) is 6.54 Å². The van der Waals surface area contributed by atoms with E-state index in [0.29, 0.717) is 5.56 Å². The molecular formula is C14H17N3. The van der Waals surface area contributed by atoms with Gasteiger partial charge in [0.1, 0.15) is 0 Å². The molecule has 0 saturated heterocycles. The molecule has 1 aromatic carbocycles. The van der Waals surface area contributed by atoms with Crippen molar-refractivity contribution in [2.45, 2.75) is 33.7 Å². The van der Waals surface area contributed by atoms with E-state index in [-0.39, 0.29) is 5.41 Å². The summed E-state index contributed by atoms with van der Waals surface area (Å²) in [5, 5.41) is 8.92. The predicted molar refractivity (Wildman–Crippen MR) is 68.5 cm³/mol. The Kier molecular flexibility index (Phi) is 2.89. The molecule has 0 saturated carbocycles. The molecule has 1 aromatic heterocycles. The molecule has 17 heavy (non-hydrogen) atoms. The summed E-state index contributed by atoms with van der Waals surface area (Å²) in [6, 6.07) is 7.80. The molecular weight excluding hydrogens is 210 g/mol. The number of nitriles is 1. The van der Waals surface area contributed by atoms with Gasteiger partial charge in [0, 0.05) is 6.54 Å². The first kappa shape index (κ1) is 11.7. The van der Waals surface area contributed by atoms with Gasteiger partial charge in [-0.15, -0.1) is 0 Å². The molecule has 0 unspecified atom stereocenters. The monoisotopic (exact) mass is 227 g/mol. The minimum Gasteiger partial charge on any atom is -0.330 e. The third-order valence-corrected chi connectivity index (χ3v) is 3.31. The highest BCUT2D eigenvalue weighted by Gasteiger charge is 2.17. The third kappa shape index (κ3) is 2.31. The van der Waals surface area contributed by atoms with Crippen LogP contribution in [0.15, 0.2) is 24.5 Å². The Morgan fingerprint density at radius 3 is 2.82 bits per heavy atom. The predicted octanol–water partition coefficient (Wildman–Crippen LogP) is 3.34. The maximum Gasteiger partial charge on any atom is 0.0992 e. The number of hydrogen-bond acceptors (Lipinski definition) is 2. The summed E-state index contributed by atoms with van der Waals surface area (Å²) in [7, 11) is 0. The van der Waals surface area contributed by atoms with Crippen LogP contribution in [0.3, 0.4) is 0 Å². The molecule has 0 aliphatic rings. The zero-order valence-corrected chi connectivity index (χ0v) is 10.6. The van der Waals surface area contributed by atoms with Gasteiger partial charge in [-0.25, -0.2) is 4.98 Å². The average Bonchev–Trinajstić information content (AvgIpc) is 2.71. The molecule has 3 nitrogen and oxygen atoms in total. The van der Waals surface area contributed by atoms with Crippen LogP contribution < -0.4 is 0 Å². The smallest absolute Gasteiger partial charge is 0.0992 e. The van der Waals surface area contributed by atoms with Gasteiger partial charge >= 0.3 is 0 Å². The number of imidazole rings is 1.